The second kappa shape index (κ2) is 9.51. The minimum atomic E-state index is -1.26. The van der Waals surface area contributed by atoms with Crippen LogP contribution in [-0.4, -0.2) is 50.2 Å². The van der Waals surface area contributed by atoms with Crippen LogP contribution >= 0.6 is 0 Å². The Morgan fingerprint density at radius 2 is 1.77 bits per heavy atom. The predicted molar refractivity (Wildman–Crippen MR) is 126 cm³/mol. The van der Waals surface area contributed by atoms with Crippen molar-refractivity contribution in [2.24, 2.45) is 17.1 Å². The number of ether oxygens (including phenoxy) is 1. The first-order chi connectivity index (χ1) is 13.8. The van der Waals surface area contributed by atoms with Crippen molar-refractivity contribution >= 4 is 15.0 Å². The third kappa shape index (κ3) is 5.93. The number of carbonyl (C=O) groups is 1. The number of benzene rings is 1. The van der Waals surface area contributed by atoms with E-state index in [-0.39, 0.29) is 23.3 Å². The van der Waals surface area contributed by atoms with Crippen molar-refractivity contribution in [1.82, 2.24) is 4.90 Å². The molecule has 0 aliphatic carbocycles. The van der Waals surface area contributed by atoms with Crippen LogP contribution in [0.4, 0.5) is 0 Å². The number of likely N-dealkylation sites (tertiary alicyclic amines) is 1. The van der Waals surface area contributed by atoms with Gasteiger partial charge in [-0.2, -0.15) is 0 Å². The number of carbonyl (C=O) groups excluding carboxylic acids is 1. The van der Waals surface area contributed by atoms with E-state index in [4.69, 9.17) is 14.9 Å². The summed E-state index contributed by atoms with van der Waals surface area (Å²) in [5, 5.41) is 0. The van der Waals surface area contributed by atoms with Crippen LogP contribution in [0.5, 0.6) is 0 Å². The van der Waals surface area contributed by atoms with Crippen LogP contribution in [0.2, 0.25) is 13.1 Å². The zero-order chi connectivity index (χ0) is 22.7. The van der Waals surface area contributed by atoms with E-state index in [9.17, 15) is 4.79 Å². The lowest BCUT2D eigenvalue weighted by Crippen LogP contribution is -2.61. The Balaban J connectivity index is 2.53. The Labute approximate surface area is 185 Å². The summed E-state index contributed by atoms with van der Waals surface area (Å²) in [6.45, 7) is 18.5. The first-order valence-corrected chi connectivity index (χ1v) is 13.9. The highest BCUT2D eigenvalue weighted by molar-refractivity contribution is 6.48. The van der Waals surface area contributed by atoms with Gasteiger partial charge in [0.25, 0.3) is 0 Å². The molecule has 1 aromatic rings. The average Bonchev–Trinajstić information content (AvgIpc) is 2.94. The summed E-state index contributed by atoms with van der Waals surface area (Å²) in [4.78, 5) is 15.6. The van der Waals surface area contributed by atoms with Gasteiger partial charge >= 0.3 is 5.97 Å². The second-order valence-corrected chi connectivity index (χ2v) is 13.4. The third-order valence-corrected chi connectivity index (χ3v) is 6.83. The normalized spacial score (nSPS) is 25.7. The van der Waals surface area contributed by atoms with Crippen molar-refractivity contribution in [3.8, 4) is 0 Å². The lowest BCUT2D eigenvalue weighted by atomic mass is 9.69. The highest BCUT2D eigenvalue weighted by Crippen LogP contribution is 2.49. The van der Waals surface area contributed by atoms with Gasteiger partial charge in [-0.25, -0.2) is 0 Å². The number of hydrogen-bond donors (Lipinski definition) is 1. The maximum Gasteiger partial charge on any atom is 0.323 e. The molecule has 2 rings (SSSR count). The summed E-state index contributed by atoms with van der Waals surface area (Å²) < 4.78 is 12.2. The summed E-state index contributed by atoms with van der Waals surface area (Å²) in [5.41, 5.74) is 6.73. The molecule has 0 aromatic heterocycles. The summed E-state index contributed by atoms with van der Waals surface area (Å²) in [5.74, 6) is 0.0498. The summed E-state index contributed by atoms with van der Waals surface area (Å²) >= 11 is 0. The van der Waals surface area contributed by atoms with Crippen LogP contribution in [0, 0.1) is 11.3 Å². The molecule has 6 heteroatoms. The SMILES string of the molecule is C[SiH](C)OC[C@]1(CN)[C@@H](C(C)(C)C)C[C@H](C(=O)OC(C)(C)C)N1Cc1ccccc1. The molecule has 1 fully saturated rings. The van der Waals surface area contributed by atoms with Crippen molar-refractivity contribution in [2.75, 3.05) is 13.2 Å². The largest absolute Gasteiger partial charge is 0.459 e. The monoisotopic (exact) mass is 434 g/mol. The van der Waals surface area contributed by atoms with Gasteiger partial charge in [-0.15, -0.1) is 0 Å². The van der Waals surface area contributed by atoms with Crippen LogP contribution in [0.25, 0.3) is 0 Å². The Bertz CT molecular complexity index is 697. The number of esters is 1. The van der Waals surface area contributed by atoms with Gasteiger partial charge in [0.1, 0.15) is 11.6 Å². The summed E-state index contributed by atoms with van der Waals surface area (Å²) in [7, 11) is -1.26. The van der Waals surface area contributed by atoms with Gasteiger partial charge in [-0.05, 0) is 57.2 Å². The molecule has 1 saturated heterocycles. The highest BCUT2D eigenvalue weighted by Gasteiger charge is 2.58. The van der Waals surface area contributed by atoms with E-state index in [0.717, 1.165) is 6.42 Å². The number of nitrogens with zero attached hydrogens (tertiary/aromatic N) is 1. The lowest BCUT2D eigenvalue weighted by molar-refractivity contribution is -0.162. The minimum absolute atomic E-state index is 0.0209. The van der Waals surface area contributed by atoms with Crippen molar-refractivity contribution in [3.05, 3.63) is 35.9 Å². The molecule has 0 bridgehead atoms. The maximum atomic E-state index is 13.3. The van der Waals surface area contributed by atoms with Crippen LogP contribution in [0.15, 0.2) is 30.3 Å². The maximum absolute atomic E-state index is 13.3. The van der Waals surface area contributed by atoms with Crippen molar-refractivity contribution in [2.45, 2.75) is 84.8 Å². The molecule has 2 N–H and O–H groups in total. The zero-order valence-corrected chi connectivity index (χ0v) is 21.4. The average molecular weight is 435 g/mol. The smallest absolute Gasteiger partial charge is 0.323 e. The van der Waals surface area contributed by atoms with Gasteiger partial charge < -0.3 is 14.9 Å². The Hall–Kier alpha value is -1.21. The second-order valence-electron chi connectivity index (χ2n) is 11.0. The molecule has 1 aliphatic rings. The molecular formula is C24H42N2O3Si. The fourth-order valence-electron chi connectivity index (χ4n) is 4.69. The molecule has 30 heavy (non-hydrogen) atoms. The van der Waals surface area contributed by atoms with Gasteiger partial charge in [0.05, 0.1) is 12.1 Å². The molecule has 5 nitrogen and oxygen atoms in total. The van der Waals surface area contributed by atoms with Crippen LogP contribution in [-0.2, 0) is 20.5 Å². The number of rotatable bonds is 7. The van der Waals surface area contributed by atoms with Crippen LogP contribution in [0.1, 0.15) is 53.5 Å². The standard InChI is InChI=1S/C24H42N2O3Si/c1-22(2,3)20-14-19(21(27)29-23(4,5)6)26(15-18-12-10-9-11-13-18)24(20,16-25)17-28-30(7)8/h9-13,19-20,30H,14-17,25H2,1-8H3/t19-,20-,24-/m1/s1. The van der Waals surface area contributed by atoms with Crippen LogP contribution in [0.3, 0.4) is 0 Å². The molecule has 1 heterocycles. The van der Waals surface area contributed by atoms with E-state index in [1.54, 1.807) is 0 Å². The van der Waals surface area contributed by atoms with E-state index in [1.165, 1.54) is 5.56 Å². The van der Waals surface area contributed by atoms with Gasteiger partial charge in [-0.3, -0.25) is 9.69 Å². The Morgan fingerprint density at radius 1 is 1.17 bits per heavy atom. The van der Waals surface area contributed by atoms with Crippen molar-refractivity contribution in [3.63, 3.8) is 0 Å². The van der Waals surface area contributed by atoms with Gasteiger partial charge in [0.15, 0.2) is 9.04 Å². The van der Waals surface area contributed by atoms with E-state index >= 15 is 0 Å². The lowest BCUT2D eigenvalue weighted by Gasteiger charge is -2.47. The van der Waals surface area contributed by atoms with E-state index in [0.29, 0.717) is 19.7 Å². The summed E-state index contributed by atoms with van der Waals surface area (Å²) in [6.07, 6.45) is 0.728. The molecule has 0 spiro atoms. The predicted octanol–water partition coefficient (Wildman–Crippen LogP) is 3.96. The molecular weight excluding hydrogens is 392 g/mol. The molecule has 0 amide bonds. The molecule has 170 valence electrons. The Morgan fingerprint density at radius 3 is 2.23 bits per heavy atom. The fourth-order valence-corrected chi connectivity index (χ4v) is 5.32. The fraction of sp³-hybridized carbons (Fsp3) is 0.708. The molecule has 0 unspecified atom stereocenters. The topological polar surface area (TPSA) is 64.8 Å². The quantitative estimate of drug-likeness (QED) is 0.520. The molecule has 0 radical (unpaired) electrons. The summed E-state index contributed by atoms with van der Waals surface area (Å²) in [6, 6.07) is 9.97. The zero-order valence-electron chi connectivity index (χ0n) is 20.2. The molecule has 3 atom stereocenters. The van der Waals surface area contributed by atoms with Crippen molar-refractivity contribution < 1.29 is 14.0 Å². The number of hydrogen-bond acceptors (Lipinski definition) is 5. The van der Waals surface area contributed by atoms with Crippen molar-refractivity contribution in [1.29, 1.82) is 0 Å². The third-order valence-electron chi connectivity index (χ3n) is 6.00. The molecule has 0 saturated carbocycles. The first kappa shape index (κ1) is 25.1. The van der Waals surface area contributed by atoms with Gasteiger partial charge in [-0.1, -0.05) is 51.1 Å². The van der Waals surface area contributed by atoms with E-state index in [2.05, 4.69) is 50.9 Å². The molecule has 1 aliphatic heterocycles. The van der Waals surface area contributed by atoms with Gasteiger partial charge in [0, 0.05) is 13.1 Å². The van der Waals surface area contributed by atoms with Gasteiger partial charge in [0.2, 0.25) is 0 Å². The minimum Gasteiger partial charge on any atom is -0.459 e. The van der Waals surface area contributed by atoms with Crippen LogP contribution < -0.4 is 5.73 Å². The highest BCUT2D eigenvalue weighted by atomic mass is 28.3. The molecule has 1 aromatic carbocycles. The number of nitrogens with two attached hydrogens (primary N) is 1. The van der Waals surface area contributed by atoms with E-state index < -0.39 is 20.2 Å². The van der Waals surface area contributed by atoms with E-state index in [1.807, 2.05) is 39.0 Å². The first-order valence-electron chi connectivity index (χ1n) is 11.2. The Kier molecular flexibility index (Phi) is 7.94.